The van der Waals surface area contributed by atoms with Crippen molar-refractivity contribution < 1.29 is 9.59 Å². The van der Waals surface area contributed by atoms with Crippen LogP contribution in [0.25, 0.3) is 0 Å². The van der Waals surface area contributed by atoms with Crippen LogP contribution in [0, 0.1) is 0 Å². The first-order valence-electron chi connectivity index (χ1n) is 6.98. The Hall–Kier alpha value is -0.940. The summed E-state index contributed by atoms with van der Waals surface area (Å²) in [4.78, 5) is 30.0. The van der Waals surface area contributed by atoms with Gasteiger partial charge in [-0.2, -0.15) is 0 Å². The number of amides is 2. The molecule has 2 rings (SSSR count). The summed E-state index contributed by atoms with van der Waals surface area (Å²) in [5.74, 6) is 0.0246. The Kier molecular flexibility index (Phi) is 4.35. The van der Waals surface area contributed by atoms with Crippen molar-refractivity contribution >= 4 is 11.8 Å². The van der Waals surface area contributed by atoms with Crippen LogP contribution in [-0.2, 0) is 9.59 Å². The first-order chi connectivity index (χ1) is 8.67. The molecule has 0 spiro atoms. The third-order valence-corrected chi connectivity index (χ3v) is 3.96. The predicted molar refractivity (Wildman–Crippen MR) is 69.1 cm³/mol. The third-order valence-electron chi connectivity index (χ3n) is 3.96. The summed E-state index contributed by atoms with van der Waals surface area (Å²) in [6.45, 7) is 9.59. The van der Waals surface area contributed by atoms with Crippen molar-refractivity contribution in [3.05, 3.63) is 0 Å². The number of hydrogen-bond donors (Lipinski definition) is 0. The van der Waals surface area contributed by atoms with E-state index in [9.17, 15) is 9.59 Å². The lowest BCUT2D eigenvalue weighted by Crippen LogP contribution is -2.52. The molecule has 0 aromatic carbocycles. The predicted octanol–water partition coefficient (Wildman–Crippen LogP) is 0.161. The van der Waals surface area contributed by atoms with E-state index >= 15 is 0 Å². The summed E-state index contributed by atoms with van der Waals surface area (Å²) < 4.78 is 0. The molecule has 2 saturated heterocycles. The summed E-state index contributed by atoms with van der Waals surface area (Å²) in [5.41, 5.74) is 0. The minimum absolute atomic E-state index is 0.00442. The van der Waals surface area contributed by atoms with Crippen LogP contribution in [0.1, 0.15) is 26.7 Å². The van der Waals surface area contributed by atoms with Gasteiger partial charge in [-0.3, -0.25) is 19.4 Å². The van der Waals surface area contributed by atoms with E-state index in [4.69, 9.17) is 0 Å². The van der Waals surface area contributed by atoms with Gasteiger partial charge in [0.05, 0.1) is 12.5 Å². The fourth-order valence-corrected chi connectivity index (χ4v) is 2.80. The smallest absolute Gasteiger partial charge is 0.247 e. The van der Waals surface area contributed by atoms with E-state index in [1.54, 1.807) is 0 Å². The zero-order valence-electron chi connectivity index (χ0n) is 11.4. The van der Waals surface area contributed by atoms with Gasteiger partial charge < -0.3 is 4.90 Å². The molecule has 0 aromatic heterocycles. The normalized spacial score (nSPS) is 27.2. The fourth-order valence-electron chi connectivity index (χ4n) is 2.80. The number of carbonyl (C=O) groups excluding carboxylic acids is 2. The van der Waals surface area contributed by atoms with Gasteiger partial charge in [0.2, 0.25) is 11.8 Å². The molecular formula is C13H23N3O2. The first kappa shape index (κ1) is 13.5. The lowest BCUT2D eigenvalue weighted by Gasteiger charge is -2.36. The van der Waals surface area contributed by atoms with E-state index in [0.29, 0.717) is 13.0 Å². The number of nitrogens with zero attached hydrogens (tertiary/aromatic N) is 3. The molecular weight excluding hydrogens is 230 g/mol. The minimum Gasteiger partial charge on any atom is -0.301 e. The SMILES string of the molecule is CCCN1C(=O)C[C@H](N2CCN(CC)CC2)C1=O. The molecule has 2 fully saturated rings. The standard InChI is InChI=1S/C13H23N3O2/c1-3-5-16-12(17)10-11(13(16)18)15-8-6-14(4-2)7-9-15/h11H,3-10H2,1-2H3/t11-/m0/s1. The van der Waals surface area contributed by atoms with Gasteiger partial charge in [0, 0.05) is 32.7 Å². The van der Waals surface area contributed by atoms with Crippen molar-refractivity contribution in [3.8, 4) is 0 Å². The number of rotatable bonds is 4. The van der Waals surface area contributed by atoms with Crippen LogP contribution in [0.15, 0.2) is 0 Å². The number of likely N-dealkylation sites (N-methyl/N-ethyl adjacent to an activating group) is 1. The largest absolute Gasteiger partial charge is 0.301 e. The minimum atomic E-state index is -0.192. The maximum atomic E-state index is 12.2. The van der Waals surface area contributed by atoms with Crippen LogP contribution in [0.5, 0.6) is 0 Å². The molecule has 2 aliphatic heterocycles. The second-order valence-corrected chi connectivity index (χ2v) is 5.07. The highest BCUT2D eigenvalue weighted by Crippen LogP contribution is 2.20. The van der Waals surface area contributed by atoms with Gasteiger partial charge in [-0.1, -0.05) is 13.8 Å². The summed E-state index contributed by atoms with van der Waals surface area (Å²) in [6, 6.07) is -0.192. The summed E-state index contributed by atoms with van der Waals surface area (Å²) >= 11 is 0. The second-order valence-electron chi connectivity index (χ2n) is 5.07. The number of piperazine rings is 1. The van der Waals surface area contributed by atoms with Crippen molar-refractivity contribution in [2.24, 2.45) is 0 Å². The lowest BCUT2D eigenvalue weighted by molar-refractivity contribution is -0.139. The van der Waals surface area contributed by atoms with E-state index in [1.165, 1.54) is 4.90 Å². The quantitative estimate of drug-likeness (QED) is 0.670. The van der Waals surface area contributed by atoms with Crippen molar-refractivity contribution in [1.29, 1.82) is 0 Å². The van der Waals surface area contributed by atoms with E-state index in [0.717, 1.165) is 39.1 Å². The van der Waals surface area contributed by atoms with Gasteiger partial charge in [0.1, 0.15) is 0 Å². The topological polar surface area (TPSA) is 43.9 Å². The molecule has 2 aliphatic rings. The number of carbonyl (C=O) groups is 2. The first-order valence-corrected chi connectivity index (χ1v) is 6.98. The highest BCUT2D eigenvalue weighted by Gasteiger charge is 2.41. The number of hydrogen-bond acceptors (Lipinski definition) is 4. The average Bonchev–Trinajstić information content (AvgIpc) is 2.67. The van der Waals surface area contributed by atoms with E-state index in [2.05, 4.69) is 16.7 Å². The molecule has 0 aromatic rings. The molecule has 102 valence electrons. The van der Waals surface area contributed by atoms with Gasteiger partial charge in [-0.05, 0) is 13.0 Å². The van der Waals surface area contributed by atoms with Gasteiger partial charge in [0.15, 0.2) is 0 Å². The molecule has 0 unspecified atom stereocenters. The summed E-state index contributed by atoms with van der Waals surface area (Å²) in [6.07, 6.45) is 1.22. The molecule has 5 heteroatoms. The summed E-state index contributed by atoms with van der Waals surface area (Å²) in [7, 11) is 0. The van der Waals surface area contributed by atoms with Crippen molar-refractivity contribution in [2.45, 2.75) is 32.7 Å². The molecule has 0 bridgehead atoms. The molecule has 1 atom stereocenters. The maximum absolute atomic E-state index is 12.2. The molecule has 2 heterocycles. The van der Waals surface area contributed by atoms with Crippen LogP contribution < -0.4 is 0 Å². The third kappa shape index (κ3) is 2.57. The molecule has 0 saturated carbocycles. The Bertz CT molecular complexity index is 324. The van der Waals surface area contributed by atoms with Crippen molar-refractivity contribution in [3.63, 3.8) is 0 Å². The monoisotopic (exact) mass is 253 g/mol. The van der Waals surface area contributed by atoms with E-state index in [-0.39, 0.29) is 17.9 Å². The van der Waals surface area contributed by atoms with Crippen molar-refractivity contribution in [1.82, 2.24) is 14.7 Å². The Morgan fingerprint density at radius 2 is 1.78 bits per heavy atom. The van der Waals surface area contributed by atoms with Gasteiger partial charge in [-0.15, -0.1) is 0 Å². The van der Waals surface area contributed by atoms with Crippen LogP contribution in [-0.4, -0.2) is 71.8 Å². The van der Waals surface area contributed by atoms with Gasteiger partial charge in [0.25, 0.3) is 0 Å². The number of likely N-dealkylation sites (tertiary alicyclic amines) is 1. The maximum Gasteiger partial charge on any atom is 0.247 e. The van der Waals surface area contributed by atoms with Crippen LogP contribution in [0.2, 0.25) is 0 Å². The zero-order chi connectivity index (χ0) is 13.1. The van der Waals surface area contributed by atoms with E-state index < -0.39 is 0 Å². The molecule has 0 radical (unpaired) electrons. The molecule has 18 heavy (non-hydrogen) atoms. The average molecular weight is 253 g/mol. The Morgan fingerprint density at radius 3 is 2.33 bits per heavy atom. The highest BCUT2D eigenvalue weighted by molar-refractivity contribution is 6.05. The van der Waals surface area contributed by atoms with E-state index in [1.807, 2.05) is 6.92 Å². The second kappa shape index (κ2) is 5.80. The fraction of sp³-hybridized carbons (Fsp3) is 0.846. The van der Waals surface area contributed by atoms with Crippen LogP contribution in [0.3, 0.4) is 0 Å². The van der Waals surface area contributed by atoms with Gasteiger partial charge >= 0.3 is 0 Å². The highest BCUT2D eigenvalue weighted by atomic mass is 16.2. The van der Waals surface area contributed by atoms with Crippen molar-refractivity contribution in [2.75, 3.05) is 39.3 Å². The Morgan fingerprint density at radius 1 is 1.11 bits per heavy atom. The molecule has 2 amide bonds. The lowest BCUT2D eigenvalue weighted by atomic mass is 10.2. The Balaban J connectivity index is 1.95. The number of imide groups is 1. The molecule has 0 N–H and O–H groups in total. The van der Waals surface area contributed by atoms with Gasteiger partial charge in [-0.25, -0.2) is 0 Å². The van der Waals surface area contributed by atoms with Crippen LogP contribution in [0.4, 0.5) is 0 Å². The molecule has 5 nitrogen and oxygen atoms in total. The zero-order valence-corrected chi connectivity index (χ0v) is 11.4. The molecule has 0 aliphatic carbocycles. The summed E-state index contributed by atoms with van der Waals surface area (Å²) in [5, 5.41) is 0. The van der Waals surface area contributed by atoms with Crippen LogP contribution >= 0.6 is 0 Å². The Labute approximate surface area is 109 Å².